The quantitative estimate of drug-likeness (QED) is 0.612. The van der Waals surface area contributed by atoms with Crippen LogP contribution >= 0.6 is 39.1 Å². The third-order valence-electron chi connectivity index (χ3n) is 2.89. The number of aromatic nitrogens is 1. The van der Waals surface area contributed by atoms with Crippen molar-refractivity contribution in [3.8, 4) is 0 Å². The number of amides is 1. The van der Waals surface area contributed by atoms with Crippen LogP contribution < -0.4 is 4.90 Å². The van der Waals surface area contributed by atoms with E-state index in [0.717, 1.165) is 10.0 Å². The molecule has 1 saturated heterocycles. The Morgan fingerprint density at radius 1 is 1.65 bits per heavy atom. The van der Waals surface area contributed by atoms with E-state index in [1.807, 2.05) is 6.92 Å². The lowest BCUT2D eigenvalue weighted by molar-refractivity contribution is -0.117. The molecule has 1 unspecified atom stereocenters. The Kier molecular flexibility index (Phi) is 3.95. The fraction of sp³-hybridized carbons (Fsp3) is 0.455. The molecule has 0 bridgehead atoms. The second-order valence-electron chi connectivity index (χ2n) is 4.10. The van der Waals surface area contributed by atoms with Gasteiger partial charge in [-0.05, 0) is 34.3 Å². The third-order valence-corrected chi connectivity index (χ3v) is 4.41. The zero-order chi connectivity index (χ0) is 12.6. The van der Waals surface area contributed by atoms with E-state index in [1.165, 1.54) is 0 Å². The lowest BCUT2D eigenvalue weighted by Crippen LogP contribution is -2.26. The summed E-state index contributed by atoms with van der Waals surface area (Å²) in [7, 11) is 0. The molecule has 0 radical (unpaired) electrons. The van der Waals surface area contributed by atoms with Crippen molar-refractivity contribution in [2.24, 2.45) is 5.92 Å². The molecule has 0 aromatic carbocycles. The Hall–Kier alpha value is -0.320. The lowest BCUT2D eigenvalue weighted by atomic mass is 10.1. The summed E-state index contributed by atoms with van der Waals surface area (Å²) in [6.45, 7) is 2.52. The molecule has 1 atom stereocenters. The fourth-order valence-electron chi connectivity index (χ4n) is 1.95. The Labute approximate surface area is 118 Å². The molecule has 0 N–H and O–H groups in total. The highest BCUT2D eigenvalue weighted by Crippen LogP contribution is 2.36. The second-order valence-corrected chi connectivity index (χ2v) is 5.62. The van der Waals surface area contributed by atoms with Crippen LogP contribution in [0, 0.1) is 12.8 Å². The Morgan fingerprint density at radius 2 is 2.35 bits per heavy atom. The highest BCUT2D eigenvalue weighted by atomic mass is 79.9. The van der Waals surface area contributed by atoms with Gasteiger partial charge in [0.25, 0.3) is 0 Å². The molecule has 2 heterocycles. The molecule has 1 aliphatic rings. The molecule has 0 saturated carbocycles. The molecule has 1 amide bonds. The fourth-order valence-corrected chi connectivity index (χ4v) is 2.74. The predicted molar refractivity (Wildman–Crippen MR) is 72.9 cm³/mol. The van der Waals surface area contributed by atoms with Gasteiger partial charge in [-0.2, -0.15) is 0 Å². The maximum Gasteiger partial charge on any atom is 0.227 e. The maximum absolute atomic E-state index is 11.9. The number of pyridine rings is 1. The van der Waals surface area contributed by atoms with E-state index in [0.29, 0.717) is 29.7 Å². The minimum Gasteiger partial charge on any atom is -0.309 e. The van der Waals surface area contributed by atoms with E-state index < -0.39 is 0 Å². The predicted octanol–water partition coefficient (Wildman–Crippen LogP) is 3.40. The van der Waals surface area contributed by atoms with Gasteiger partial charge in [-0.1, -0.05) is 11.6 Å². The van der Waals surface area contributed by atoms with Crippen LogP contribution in [0.25, 0.3) is 0 Å². The van der Waals surface area contributed by atoms with Gasteiger partial charge in [-0.3, -0.25) is 4.79 Å². The van der Waals surface area contributed by atoms with Crippen LogP contribution in [0.3, 0.4) is 0 Å². The molecular weight excluding hydrogens is 327 g/mol. The highest BCUT2D eigenvalue weighted by Gasteiger charge is 2.32. The van der Waals surface area contributed by atoms with Crippen molar-refractivity contribution in [1.82, 2.24) is 4.98 Å². The Morgan fingerprint density at radius 3 is 2.94 bits per heavy atom. The normalized spacial score (nSPS) is 20.1. The van der Waals surface area contributed by atoms with Gasteiger partial charge in [-0.15, -0.1) is 11.6 Å². The van der Waals surface area contributed by atoms with Gasteiger partial charge in [-0.25, -0.2) is 4.98 Å². The van der Waals surface area contributed by atoms with Crippen molar-refractivity contribution in [3.05, 3.63) is 21.4 Å². The first-order chi connectivity index (χ1) is 8.04. The van der Waals surface area contributed by atoms with Gasteiger partial charge < -0.3 is 4.90 Å². The van der Waals surface area contributed by atoms with Crippen LogP contribution in [-0.2, 0) is 4.79 Å². The molecule has 6 heteroatoms. The summed E-state index contributed by atoms with van der Waals surface area (Å²) in [6.07, 6.45) is 2.12. The number of hydrogen-bond acceptors (Lipinski definition) is 2. The summed E-state index contributed by atoms with van der Waals surface area (Å²) in [5.74, 6) is 0.736. The summed E-state index contributed by atoms with van der Waals surface area (Å²) >= 11 is 15.3. The molecule has 1 aliphatic heterocycles. The van der Waals surface area contributed by atoms with Crippen LogP contribution in [-0.4, -0.2) is 23.3 Å². The van der Waals surface area contributed by atoms with E-state index in [9.17, 15) is 4.79 Å². The Bertz CT molecular complexity index is 467. The van der Waals surface area contributed by atoms with Crippen LogP contribution in [0.15, 0.2) is 10.7 Å². The van der Waals surface area contributed by atoms with Crippen LogP contribution in [0.4, 0.5) is 5.69 Å². The average molecular weight is 338 g/mol. The monoisotopic (exact) mass is 336 g/mol. The number of carbonyl (C=O) groups excluding carboxylic acids is 1. The van der Waals surface area contributed by atoms with Crippen LogP contribution in [0.2, 0.25) is 5.15 Å². The van der Waals surface area contributed by atoms with E-state index in [2.05, 4.69) is 20.9 Å². The maximum atomic E-state index is 11.9. The van der Waals surface area contributed by atoms with E-state index in [-0.39, 0.29) is 11.8 Å². The zero-order valence-corrected chi connectivity index (χ0v) is 12.3. The molecule has 17 heavy (non-hydrogen) atoms. The van der Waals surface area contributed by atoms with Crippen molar-refractivity contribution in [3.63, 3.8) is 0 Å². The average Bonchev–Trinajstić information content (AvgIpc) is 2.66. The molecule has 1 fully saturated rings. The number of nitrogens with zero attached hydrogens (tertiary/aromatic N) is 2. The van der Waals surface area contributed by atoms with Gasteiger partial charge in [0.15, 0.2) is 5.15 Å². The second kappa shape index (κ2) is 5.12. The standard InChI is InChI=1S/C11H11BrCl2N2O/c1-6-8(12)4-15-11(14)10(6)16-5-7(3-13)2-9(16)17/h4,7H,2-3,5H2,1H3. The zero-order valence-electron chi connectivity index (χ0n) is 9.21. The summed E-state index contributed by atoms with van der Waals surface area (Å²) in [5, 5.41) is 0.356. The van der Waals surface area contributed by atoms with Crippen LogP contribution in [0.5, 0.6) is 0 Å². The first-order valence-electron chi connectivity index (χ1n) is 5.21. The van der Waals surface area contributed by atoms with Crippen molar-refractivity contribution in [2.45, 2.75) is 13.3 Å². The number of halogens is 3. The van der Waals surface area contributed by atoms with E-state index in [4.69, 9.17) is 23.2 Å². The molecular formula is C11H11BrCl2N2O. The first kappa shape index (κ1) is 13.1. The molecule has 1 aromatic rings. The molecule has 92 valence electrons. The van der Waals surface area contributed by atoms with Gasteiger partial charge in [0.05, 0.1) is 5.69 Å². The molecule has 1 aromatic heterocycles. The lowest BCUT2D eigenvalue weighted by Gasteiger charge is -2.20. The molecule has 0 aliphatic carbocycles. The third kappa shape index (κ3) is 2.44. The number of hydrogen-bond donors (Lipinski definition) is 0. The van der Waals surface area contributed by atoms with Crippen LogP contribution in [0.1, 0.15) is 12.0 Å². The van der Waals surface area contributed by atoms with E-state index >= 15 is 0 Å². The largest absolute Gasteiger partial charge is 0.309 e. The minimum absolute atomic E-state index is 0.0561. The van der Waals surface area contributed by atoms with Gasteiger partial charge in [0, 0.05) is 29.5 Å². The SMILES string of the molecule is Cc1c(Br)cnc(Cl)c1N1CC(CCl)CC1=O. The number of alkyl halides is 1. The number of anilines is 1. The molecule has 3 nitrogen and oxygen atoms in total. The summed E-state index contributed by atoms with van der Waals surface area (Å²) < 4.78 is 0.846. The van der Waals surface area contributed by atoms with Crippen molar-refractivity contribution in [2.75, 3.05) is 17.3 Å². The smallest absolute Gasteiger partial charge is 0.227 e. The van der Waals surface area contributed by atoms with Crippen molar-refractivity contribution < 1.29 is 4.79 Å². The highest BCUT2D eigenvalue weighted by molar-refractivity contribution is 9.10. The minimum atomic E-state index is 0.0561. The summed E-state index contributed by atoms with van der Waals surface area (Å²) in [4.78, 5) is 17.7. The summed E-state index contributed by atoms with van der Waals surface area (Å²) in [6, 6.07) is 0. The van der Waals surface area contributed by atoms with Crippen molar-refractivity contribution >= 4 is 50.7 Å². The van der Waals surface area contributed by atoms with Gasteiger partial charge >= 0.3 is 0 Å². The number of carbonyl (C=O) groups is 1. The van der Waals surface area contributed by atoms with Crippen molar-refractivity contribution in [1.29, 1.82) is 0 Å². The summed E-state index contributed by atoms with van der Waals surface area (Å²) in [5.41, 5.74) is 1.62. The first-order valence-corrected chi connectivity index (χ1v) is 6.92. The topological polar surface area (TPSA) is 33.2 Å². The van der Waals surface area contributed by atoms with Gasteiger partial charge in [0.2, 0.25) is 5.91 Å². The Balaban J connectivity index is 2.41. The van der Waals surface area contributed by atoms with Gasteiger partial charge in [0.1, 0.15) is 0 Å². The molecule has 0 spiro atoms. The molecule has 2 rings (SSSR count). The number of rotatable bonds is 2. The van der Waals surface area contributed by atoms with E-state index in [1.54, 1.807) is 11.1 Å².